The zero-order valence-corrected chi connectivity index (χ0v) is 11.4. The van der Waals surface area contributed by atoms with Crippen LogP contribution in [-0.4, -0.2) is 24.3 Å². The summed E-state index contributed by atoms with van der Waals surface area (Å²) in [5.41, 5.74) is 10.4. The Balaban J connectivity index is 4.30. The number of alkyl halides is 3. The number of amides is 1. The molecule has 1 amide bonds. The Hall–Kier alpha value is -1.31. The smallest absolute Gasteiger partial charge is 0.439 e. The molecule has 0 heterocycles. The van der Waals surface area contributed by atoms with Gasteiger partial charge in [-0.1, -0.05) is 39.0 Å². The average Bonchev–Trinajstić information content (AvgIpc) is 2.31. The van der Waals surface area contributed by atoms with E-state index >= 15 is 0 Å². The van der Waals surface area contributed by atoms with Crippen molar-refractivity contribution in [2.45, 2.75) is 57.9 Å². The van der Waals surface area contributed by atoms with Crippen molar-refractivity contribution in [1.82, 2.24) is 0 Å². The first-order valence-corrected chi connectivity index (χ1v) is 6.52. The van der Waals surface area contributed by atoms with Gasteiger partial charge in [-0.15, -0.1) is 0 Å². The summed E-state index contributed by atoms with van der Waals surface area (Å²) in [6.07, 6.45) is -2.17. The van der Waals surface area contributed by atoms with Crippen molar-refractivity contribution in [2.24, 2.45) is 17.4 Å². The van der Waals surface area contributed by atoms with E-state index in [4.69, 9.17) is 11.5 Å². The molecule has 8 heteroatoms. The van der Waals surface area contributed by atoms with Gasteiger partial charge in [0, 0.05) is 0 Å². The number of hydrogen-bond acceptors (Lipinski definition) is 4. The van der Waals surface area contributed by atoms with Crippen LogP contribution < -0.4 is 11.5 Å². The molecule has 0 rings (SSSR count). The Bertz CT molecular complexity index is 322. The van der Waals surface area contributed by atoms with Crippen LogP contribution in [0.2, 0.25) is 0 Å². The van der Waals surface area contributed by atoms with Gasteiger partial charge >= 0.3 is 12.1 Å². The molecule has 0 fully saturated rings. The Morgan fingerprint density at radius 3 is 2.15 bits per heavy atom. The molecule has 0 aliphatic carbocycles. The molecule has 0 aliphatic rings. The van der Waals surface area contributed by atoms with E-state index in [1.807, 2.05) is 6.92 Å². The maximum absolute atomic E-state index is 12.0. The van der Waals surface area contributed by atoms with Crippen molar-refractivity contribution in [3.05, 3.63) is 0 Å². The van der Waals surface area contributed by atoms with Gasteiger partial charge in [-0.05, 0) is 6.42 Å². The van der Waals surface area contributed by atoms with Gasteiger partial charge in [0.1, 0.15) is 0 Å². The van der Waals surface area contributed by atoms with Gasteiger partial charge in [-0.2, -0.15) is 13.2 Å². The highest BCUT2D eigenvalue weighted by molar-refractivity contribution is 5.79. The van der Waals surface area contributed by atoms with Crippen LogP contribution >= 0.6 is 0 Å². The summed E-state index contributed by atoms with van der Waals surface area (Å²) in [6, 6.07) is 0. The number of unbranched alkanes of at least 4 members (excludes halogenated alkanes) is 4. The molecular weight excluding hydrogens is 277 g/mol. The van der Waals surface area contributed by atoms with E-state index in [9.17, 15) is 22.8 Å². The van der Waals surface area contributed by atoms with Gasteiger partial charge in [-0.25, -0.2) is 4.79 Å². The molecule has 0 saturated heterocycles. The van der Waals surface area contributed by atoms with Gasteiger partial charge in [0.05, 0.1) is 5.92 Å². The van der Waals surface area contributed by atoms with Gasteiger partial charge in [0.25, 0.3) is 0 Å². The molecule has 2 atom stereocenters. The third-order valence-electron chi connectivity index (χ3n) is 2.86. The van der Waals surface area contributed by atoms with E-state index in [0.717, 1.165) is 25.7 Å². The number of hydrogen-bond donors (Lipinski definition) is 2. The van der Waals surface area contributed by atoms with E-state index < -0.39 is 30.2 Å². The lowest BCUT2D eigenvalue weighted by molar-refractivity contribution is -0.207. The lowest BCUT2D eigenvalue weighted by Gasteiger charge is -2.21. The highest BCUT2D eigenvalue weighted by atomic mass is 19.4. The molecular formula is C12H21F3N2O3. The van der Waals surface area contributed by atoms with Gasteiger partial charge in [-0.3, -0.25) is 10.5 Å². The Morgan fingerprint density at radius 1 is 1.15 bits per heavy atom. The van der Waals surface area contributed by atoms with Gasteiger partial charge < -0.3 is 10.5 Å². The number of primary amides is 1. The minimum Gasteiger partial charge on any atom is -0.439 e. The van der Waals surface area contributed by atoms with Crippen LogP contribution in [0.25, 0.3) is 0 Å². The maximum Gasteiger partial charge on any atom is 0.490 e. The summed E-state index contributed by atoms with van der Waals surface area (Å²) < 4.78 is 40.1. The summed E-state index contributed by atoms with van der Waals surface area (Å²) >= 11 is 0. The van der Waals surface area contributed by atoms with Crippen molar-refractivity contribution in [2.75, 3.05) is 0 Å². The standard InChI is InChI=1S/C12H21F3N2O3/c1-2-3-4-5-6-7-8(9(16)18)10(17)20-11(19)12(13,14)15/h8,10H,2-7,17H2,1H3,(H2,16,18). The fourth-order valence-corrected chi connectivity index (χ4v) is 1.71. The molecule has 2 unspecified atom stereocenters. The Kier molecular flexibility index (Phi) is 8.21. The minimum absolute atomic E-state index is 0.200. The number of carbonyl (C=O) groups excluding carboxylic acids is 2. The molecule has 0 aromatic carbocycles. The minimum atomic E-state index is -5.14. The summed E-state index contributed by atoms with van der Waals surface area (Å²) in [5.74, 6) is -4.40. The summed E-state index contributed by atoms with van der Waals surface area (Å²) in [4.78, 5) is 21.8. The van der Waals surface area contributed by atoms with Crippen LogP contribution in [0, 0.1) is 5.92 Å². The number of esters is 1. The maximum atomic E-state index is 12.0. The van der Waals surface area contributed by atoms with Crippen LogP contribution in [0.5, 0.6) is 0 Å². The zero-order chi connectivity index (χ0) is 15.8. The predicted molar refractivity (Wildman–Crippen MR) is 66.2 cm³/mol. The third kappa shape index (κ3) is 7.32. The van der Waals surface area contributed by atoms with Crippen LogP contribution in [0.15, 0.2) is 0 Å². The van der Waals surface area contributed by atoms with Crippen molar-refractivity contribution >= 4 is 11.9 Å². The first-order valence-electron chi connectivity index (χ1n) is 6.52. The molecule has 0 radical (unpaired) electrons. The van der Waals surface area contributed by atoms with Crippen molar-refractivity contribution in [3.63, 3.8) is 0 Å². The van der Waals surface area contributed by atoms with E-state index in [0.29, 0.717) is 6.42 Å². The second-order valence-corrected chi connectivity index (χ2v) is 4.58. The number of carbonyl (C=O) groups is 2. The van der Waals surface area contributed by atoms with Gasteiger partial charge in [0.15, 0.2) is 6.23 Å². The fraction of sp³-hybridized carbons (Fsp3) is 0.833. The summed E-state index contributed by atoms with van der Waals surface area (Å²) in [6.45, 7) is 2.04. The van der Waals surface area contributed by atoms with E-state index in [2.05, 4.69) is 4.74 Å². The molecule has 118 valence electrons. The lowest BCUT2D eigenvalue weighted by atomic mass is 9.98. The second-order valence-electron chi connectivity index (χ2n) is 4.58. The van der Waals surface area contributed by atoms with Gasteiger partial charge in [0.2, 0.25) is 5.91 Å². The topological polar surface area (TPSA) is 95.4 Å². The molecule has 4 N–H and O–H groups in total. The van der Waals surface area contributed by atoms with Crippen LogP contribution in [0.3, 0.4) is 0 Å². The van der Waals surface area contributed by atoms with Crippen molar-refractivity contribution in [1.29, 1.82) is 0 Å². The first kappa shape index (κ1) is 18.7. The van der Waals surface area contributed by atoms with Crippen LogP contribution in [0.1, 0.15) is 45.4 Å². The normalized spacial score (nSPS) is 14.7. The predicted octanol–water partition coefficient (Wildman–Crippen LogP) is 1.84. The number of ether oxygens (including phenoxy) is 1. The SMILES string of the molecule is CCCCCCCC(C(N)=O)C(N)OC(=O)C(F)(F)F. The monoisotopic (exact) mass is 298 g/mol. The first-order chi connectivity index (χ1) is 9.20. The number of rotatable bonds is 9. The third-order valence-corrected chi connectivity index (χ3v) is 2.86. The number of nitrogens with two attached hydrogens (primary N) is 2. The number of halogens is 3. The zero-order valence-electron chi connectivity index (χ0n) is 11.4. The fourth-order valence-electron chi connectivity index (χ4n) is 1.71. The van der Waals surface area contributed by atoms with Crippen LogP contribution in [-0.2, 0) is 14.3 Å². The molecule has 0 spiro atoms. The lowest BCUT2D eigenvalue weighted by Crippen LogP contribution is -2.44. The highest BCUT2D eigenvalue weighted by Crippen LogP contribution is 2.20. The summed E-state index contributed by atoms with van der Waals surface area (Å²) in [7, 11) is 0. The molecule has 0 aromatic rings. The molecule has 5 nitrogen and oxygen atoms in total. The average molecular weight is 298 g/mol. The van der Waals surface area contributed by atoms with E-state index in [1.165, 1.54) is 0 Å². The second kappa shape index (κ2) is 8.78. The molecule has 0 saturated carbocycles. The van der Waals surface area contributed by atoms with Crippen molar-refractivity contribution in [3.8, 4) is 0 Å². The molecule has 0 aliphatic heterocycles. The quantitative estimate of drug-likeness (QED) is 0.386. The van der Waals surface area contributed by atoms with Crippen LogP contribution in [0.4, 0.5) is 13.2 Å². The molecule has 0 bridgehead atoms. The molecule has 0 aromatic heterocycles. The molecule has 20 heavy (non-hydrogen) atoms. The van der Waals surface area contributed by atoms with E-state index in [1.54, 1.807) is 0 Å². The van der Waals surface area contributed by atoms with E-state index in [-0.39, 0.29) is 6.42 Å². The highest BCUT2D eigenvalue weighted by Gasteiger charge is 2.43. The summed E-state index contributed by atoms with van der Waals surface area (Å²) in [5, 5.41) is 0. The largest absolute Gasteiger partial charge is 0.490 e. The Labute approximate surface area is 115 Å². The van der Waals surface area contributed by atoms with Crippen molar-refractivity contribution < 1.29 is 27.5 Å². The Morgan fingerprint density at radius 2 is 1.70 bits per heavy atom.